The summed E-state index contributed by atoms with van der Waals surface area (Å²) in [5.41, 5.74) is 4.06. The van der Waals surface area contributed by atoms with E-state index < -0.39 is 0 Å². The van der Waals surface area contributed by atoms with Gasteiger partial charge in [0.25, 0.3) is 0 Å². The van der Waals surface area contributed by atoms with Gasteiger partial charge in [0, 0.05) is 56.4 Å². The summed E-state index contributed by atoms with van der Waals surface area (Å²) in [4.78, 5) is 13.9. The maximum absolute atomic E-state index is 4.53. The van der Waals surface area contributed by atoms with E-state index in [1.807, 2.05) is 12.4 Å². The molecule has 2 aliphatic rings. The van der Waals surface area contributed by atoms with E-state index in [-0.39, 0.29) is 0 Å². The van der Waals surface area contributed by atoms with Gasteiger partial charge in [-0.15, -0.1) is 0 Å². The quantitative estimate of drug-likeness (QED) is 0.863. The monoisotopic (exact) mass is 322 g/mol. The van der Waals surface area contributed by atoms with Crippen LogP contribution in [-0.4, -0.2) is 41.0 Å². The third-order valence-corrected chi connectivity index (χ3v) is 5.34. The first-order chi connectivity index (χ1) is 11.9. The SMILES string of the molecule is c1ccc(N2CCCC2)c(CN2CCC[C@H](c3cnccn3)C2)c1. The standard InChI is InChI=1S/C20H26N4/c1-2-8-20(24-12-3-4-13-24)18(6-1)16-23-11-5-7-17(15-23)19-14-21-9-10-22-19/h1-2,6,8-10,14,17H,3-5,7,11-13,15-16H2/t17-/m0/s1. The Morgan fingerprint density at radius 3 is 2.71 bits per heavy atom. The van der Waals surface area contributed by atoms with Crippen LogP contribution in [0.3, 0.4) is 0 Å². The van der Waals surface area contributed by atoms with Gasteiger partial charge in [-0.1, -0.05) is 18.2 Å². The average molecular weight is 322 g/mol. The van der Waals surface area contributed by atoms with Crippen LogP contribution in [0.4, 0.5) is 5.69 Å². The van der Waals surface area contributed by atoms with E-state index in [0.717, 1.165) is 18.8 Å². The van der Waals surface area contributed by atoms with Crippen molar-refractivity contribution in [2.45, 2.75) is 38.1 Å². The predicted molar refractivity (Wildman–Crippen MR) is 97.2 cm³/mol. The normalized spacial score (nSPS) is 22.0. The Hall–Kier alpha value is -1.94. The molecule has 0 bridgehead atoms. The molecule has 0 aliphatic carbocycles. The lowest BCUT2D eigenvalue weighted by molar-refractivity contribution is 0.198. The second kappa shape index (κ2) is 7.31. The second-order valence-corrected chi connectivity index (χ2v) is 7.03. The van der Waals surface area contributed by atoms with Crippen LogP contribution in [0.1, 0.15) is 42.9 Å². The number of piperidine rings is 1. The van der Waals surface area contributed by atoms with Gasteiger partial charge in [0.15, 0.2) is 0 Å². The summed E-state index contributed by atoms with van der Waals surface area (Å²) in [6.45, 7) is 5.74. The molecule has 0 saturated carbocycles. The molecule has 2 saturated heterocycles. The first kappa shape index (κ1) is 15.6. The molecule has 2 fully saturated rings. The van der Waals surface area contributed by atoms with Crippen LogP contribution in [0.5, 0.6) is 0 Å². The van der Waals surface area contributed by atoms with Gasteiger partial charge in [-0.2, -0.15) is 0 Å². The molecule has 4 rings (SSSR count). The third kappa shape index (κ3) is 3.44. The fraction of sp³-hybridized carbons (Fsp3) is 0.500. The number of likely N-dealkylation sites (tertiary alicyclic amines) is 1. The van der Waals surface area contributed by atoms with Crippen molar-refractivity contribution in [1.29, 1.82) is 0 Å². The highest BCUT2D eigenvalue weighted by Gasteiger charge is 2.24. The van der Waals surface area contributed by atoms with Gasteiger partial charge in [0.05, 0.1) is 5.69 Å². The molecule has 0 N–H and O–H groups in total. The van der Waals surface area contributed by atoms with E-state index in [1.165, 1.54) is 56.6 Å². The minimum absolute atomic E-state index is 0.520. The molecule has 4 nitrogen and oxygen atoms in total. The van der Waals surface area contributed by atoms with Crippen LogP contribution in [0, 0.1) is 0 Å². The Kier molecular flexibility index (Phi) is 4.74. The Balaban J connectivity index is 1.47. The summed E-state index contributed by atoms with van der Waals surface area (Å²) in [6.07, 6.45) is 10.6. The fourth-order valence-corrected chi connectivity index (χ4v) is 4.11. The summed E-state index contributed by atoms with van der Waals surface area (Å²) in [7, 11) is 0. The Morgan fingerprint density at radius 1 is 1.00 bits per heavy atom. The van der Waals surface area contributed by atoms with Crippen LogP contribution >= 0.6 is 0 Å². The van der Waals surface area contributed by atoms with Gasteiger partial charge in [-0.3, -0.25) is 14.9 Å². The molecule has 4 heteroatoms. The number of hydrogen-bond donors (Lipinski definition) is 0. The molecule has 24 heavy (non-hydrogen) atoms. The smallest absolute Gasteiger partial charge is 0.0630 e. The molecule has 1 aromatic heterocycles. The molecule has 0 spiro atoms. The highest BCUT2D eigenvalue weighted by Crippen LogP contribution is 2.29. The summed E-state index contributed by atoms with van der Waals surface area (Å²) < 4.78 is 0. The number of aromatic nitrogens is 2. The van der Waals surface area contributed by atoms with Gasteiger partial charge in [-0.25, -0.2) is 0 Å². The maximum atomic E-state index is 4.53. The van der Waals surface area contributed by atoms with Gasteiger partial charge >= 0.3 is 0 Å². The van der Waals surface area contributed by atoms with Crippen LogP contribution < -0.4 is 4.90 Å². The summed E-state index contributed by atoms with van der Waals surface area (Å²) in [6, 6.07) is 8.96. The van der Waals surface area contributed by atoms with E-state index in [2.05, 4.69) is 44.0 Å². The predicted octanol–water partition coefficient (Wildman–Crippen LogP) is 3.46. The number of rotatable bonds is 4. The molecule has 0 amide bonds. The zero-order chi connectivity index (χ0) is 16.2. The van der Waals surface area contributed by atoms with E-state index in [0.29, 0.717) is 5.92 Å². The van der Waals surface area contributed by atoms with E-state index >= 15 is 0 Å². The van der Waals surface area contributed by atoms with Crippen molar-refractivity contribution in [3.63, 3.8) is 0 Å². The molecular formula is C20H26N4. The number of nitrogens with zero attached hydrogens (tertiary/aromatic N) is 4. The minimum Gasteiger partial charge on any atom is -0.371 e. The van der Waals surface area contributed by atoms with Crippen molar-refractivity contribution in [2.24, 2.45) is 0 Å². The van der Waals surface area contributed by atoms with Gasteiger partial charge in [-0.05, 0) is 43.9 Å². The van der Waals surface area contributed by atoms with Gasteiger partial charge < -0.3 is 4.90 Å². The van der Waals surface area contributed by atoms with Crippen molar-refractivity contribution in [2.75, 3.05) is 31.1 Å². The zero-order valence-corrected chi connectivity index (χ0v) is 14.3. The summed E-state index contributed by atoms with van der Waals surface area (Å²) >= 11 is 0. The van der Waals surface area contributed by atoms with Crippen LogP contribution in [0.2, 0.25) is 0 Å². The highest BCUT2D eigenvalue weighted by molar-refractivity contribution is 5.54. The molecule has 126 valence electrons. The third-order valence-electron chi connectivity index (χ3n) is 5.34. The Morgan fingerprint density at radius 2 is 1.88 bits per heavy atom. The van der Waals surface area contributed by atoms with Gasteiger partial charge in [0.2, 0.25) is 0 Å². The number of hydrogen-bond acceptors (Lipinski definition) is 4. The molecule has 0 radical (unpaired) electrons. The van der Waals surface area contributed by atoms with Crippen molar-refractivity contribution >= 4 is 5.69 Å². The lowest BCUT2D eigenvalue weighted by Crippen LogP contribution is -2.34. The van der Waals surface area contributed by atoms with Crippen LogP contribution in [-0.2, 0) is 6.54 Å². The van der Waals surface area contributed by atoms with Crippen molar-refractivity contribution in [3.05, 3.63) is 54.1 Å². The van der Waals surface area contributed by atoms with Crippen molar-refractivity contribution < 1.29 is 0 Å². The minimum atomic E-state index is 0.520. The highest BCUT2D eigenvalue weighted by atomic mass is 15.2. The van der Waals surface area contributed by atoms with Crippen molar-refractivity contribution in [3.8, 4) is 0 Å². The topological polar surface area (TPSA) is 32.3 Å². The number of anilines is 1. The molecular weight excluding hydrogens is 296 g/mol. The number of para-hydroxylation sites is 1. The lowest BCUT2D eigenvalue weighted by Gasteiger charge is -2.33. The largest absolute Gasteiger partial charge is 0.371 e. The summed E-state index contributed by atoms with van der Waals surface area (Å²) in [5.74, 6) is 0.520. The second-order valence-electron chi connectivity index (χ2n) is 7.03. The average Bonchev–Trinajstić information content (AvgIpc) is 3.18. The molecule has 0 unspecified atom stereocenters. The molecule has 2 aliphatic heterocycles. The Labute approximate surface area is 144 Å². The van der Waals surface area contributed by atoms with E-state index in [1.54, 1.807) is 6.20 Å². The molecule has 1 atom stereocenters. The fourth-order valence-electron chi connectivity index (χ4n) is 4.11. The number of benzene rings is 1. The Bertz CT molecular complexity index is 652. The van der Waals surface area contributed by atoms with E-state index in [4.69, 9.17) is 0 Å². The molecule has 3 heterocycles. The molecule has 1 aromatic carbocycles. The zero-order valence-electron chi connectivity index (χ0n) is 14.3. The molecule has 2 aromatic rings. The maximum Gasteiger partial charge on any atom is 0.0630 e. The van der Waals surface area contributed by atoms with E-state index in [9.17, 15) is 0 Å². The van der Waals surface area contributed by atoms with Crippen LogP contribution in [0.25, 0.3) is 0 Å². The van der Waals surface area contributed by atoms with Crippen LogP contribution in [0.15, 0.2) is 42.9 Å². The summed E-state index contributed by atoms with van der Waals surface area (Å²) in [5, 5.41) is 0. The first-order valence-electron chi connectivity index (χ1n) is 9.21. The first-order valence-corrected chi connectivity index (χ1v) is 9.21. The van der Waals surface area contributed by atoms with Gasteiger partial charge in [0.1, 0.15) is 0 Å². The lowest BCUT2D eigenvalue weighted by atomic mass is 9.94. The van der Waals surface area contributed by atoms with Crippen molar-refractivity contribution in [1.82, 2.24) is 14.9 Å².